The number of methoxy groups -OCH3 is 1. The Bertz CT molecular complexity index is 651. The van der Waals surface area contributed by atoms with Crippen molar-refractivity contribution in [2.75, 3.05) is 7.11 Å². The Balaban J connectivity index is 1.54. The molecule has 0 aromatic carbocycles. The van der Waals surface area contributed by atoms with Crippen LogP contribution in [0.5, 0.6) is 0 Å². The number of aliphatic hydroxyl groups excluding tert-OH is 3. The number of esters is 1. The van der Waals surface area contributed by atoms with E-state index in [4.69, 9.17) is 4.74 Å². The highest BCUT2D eigenvalue weighted by atomic mass is 16.5. The normalized spacial score (nSPS) is 50.0. The minimum Gasteiger partial charge on any atom is -0.467 e. The molecular weight excluding hydrogens is 380 g/mol. The van der Waals surface area contributed by atoms with Crippen molar-refractivity contribution in [3.05, 3.63) is 0 Å². The van der Waals surface area contributed by atoms with Crippen LogP contribution in [0.2, 0.25) is 0 Å². The van der Waals surface area contributed by atoms with Gasteiger partial charge in [0.05, 0.1) is 19.3 Å². The molecule has 0 radical (unpaired) electrons. The monoisotopic (exact) mass is 422 g/mol. The van der Waals surface area contributed by atoms with Gasteiger partial charge in [0, 0.05) is 0 Å². The summed E-state index contributed by atoms with van der Waals surface area (Å²) in [6.07, 6.45) is 7.26. The molecule has 4 aliphatic rings. The Morgan fingerprint density at radius 1 is 1.07 bits per heavy atom. The Morgan fingerprint density at radius 2 is 1.80 bits per heavy atom. The molecule has 5 nitrogen and oxygen atoms in total. The molecule has 0 aromatic rings. The quantitative estimate of drug-likeness (QED) is 0.603. The second-order valence-electron chi connectivity index (χ2n) is 11.6. The zero-order valence-corrected chi connectivity index (χ0v) is 19.2. The summed E-state index contributed by atoms with van der Waals surface area (Å²) in [6, 6.07) is 0. The van der Waals surface area contributed by atoms with E-state index in [0.717, 1.165) is 38.5 Å². The molecule has 4 rings (SSSR count). The summed E-state index contributed by atoms with van der Waals surface area (Å²) in [5, 5.41) is 32.0. The standard InChI is InChI=1S/C25H42O5/c1-14(11-21(27)23(29)30-4)18-7-8-19-17-6-5-15-12-16(26)9-10-24(15,2)20(17)13-22(28)25(18,19)3/h14-22,26-28H,5-13H2,1-4H3. The summed E-state index contributed by atoms with van der Waals surface area (Å²) in [5.74, 6) is 2.22. The van der Waals surface area contributed by atoms with Crippen LogP contribution < -0.4 is 0 Å². The lowest BCUT2D eigenvalue weighted by Gasteiger charge is -2.62. The van der Waals surface area contributed by atoms with Gasteiger partial charge in [0.25, 0.3) is 0 Å². The van der Waals surface area contributed by atoms with Crippen LogP contribution in [0.15, 0.2) is 0 Å². The van der Waals surface area contributed by atoms with E-state index in [-0.39, 0.29) is 29.0 Å². The van der Waals surface area contributed by atoms with Crippen LogP contribution in [0.3, 0.4) is 0 Å². The van der Waals surface area contributed by atoms with E-state index in [2.05, 4.69) is 20.8 Å². The molecule has 0 aromatic heterocycles. The van der Waals surface area contributed by atoms with Gasteiger partial charge in [0.2, 0.25) is 0 Å². The van der Waals surface area contributed by atoms with Gasteiger partial charge in [-0.25, -0.2) is 4.79 Å². The van der Waals surface area contributed by atoms with E-state index in [1.807, 2.05) is 0 Å². The van der Waals surface area contributed by atoms with Gasteiger partial charge >= 0.3 is 5.97 Å². The van der Waals surface area contributed by atoms with Gasteiger partial charge in [-0.05, 0) is 104 Å². The van der Waals surface area contributed by atoms with Gasteiger partial charge in [-0.15, -0.1) is 0 Å². The number of ether oxygens (including phenoxy) is 1. The third kappa shape index (κ3) is 3.34. The molecule has 5 heteroatoms. The lowest BCUT2D eigenvalue weighted by molar-refractivity contribution is -0.176. The van der Waals surface area contributed by atoms with Gasteiger partial charge in [0.1, 0.15) is 0 Å². The average molecular weight is 423 g/mol. The molecule has 4 saturated carbocycles. The Morgan fingerprint density at radius 3 is 2.50 bits per heavy atom. The molecule has 0 bridgehead atoms. The van der Waals surface area contributed by atoms with Crippen molar-refractivity contribution in [3.8, 4) is 0 Å². The first-order chi connectivity index (χ1) is 14.1. The van der Waals surface area contributed by atoms with Crippen molar-refractivity contribution in [3.63, 3.8) is 0 Å². The summed E-state index contributed by atoms with van der Waals surface area (Å²) in [4.78, 5) is 11.7. The number of fused-ring (bicyclic) bond motifs is 5. The molecule has 30 heavy (non-hydrogen) atoms. The van der Waals surface area contributed by atoms with Crippen molar-refractivity contribution in [2.24, 2.45) is 46.3 Å². The number of carbonyl (C=O) groups is 1. The van der Waals surface area contributed by atoms with Crippen LogP contribution in [0.4, 0.5) is 0 Å². The summed E-state index contributed by atoms with van der Waals surface area (Å²) in [6.45, 7) is 6.86. The zero-order valence-electron chi connectivity index (χ0n) is 19.2. The van der Waals surface area contributed by atoms with Gasteiger partial charge in [-0.1, -0.05) is 20.8 Å². The van der Waals surface area contributed by atoms with Crippen molar-refractivity contribution < 1.29 is 24.9 Å². The van der Waals surface area contributed by atoms with Crippen molar-refractivity contribution in [1.82, 2.24) is 0 Å². The van der Waals surface area contributed by atoms with Crippen molar-refractivity contribution in [2.45, 2.75) is 96.9 Å². The predicted octanol–water partition coefficient (Wildman–Crippen LogP) is 3.54. The smallest absolute Gasteiger partial charge is 0.334 e. The van der Waals surface area contributed by atoms with Gasteiger partial charge in [-0.3, -0.25) is 0 Å². The maximum Gasteiger partial charge on any atom is 0.334 e. The van der Waals surface area contributed by atoms with E-state index in [0.29, 0.717) is 36.0 Å². The highest BCUT2D eigenvalue weighted by Crippen LogP contribution is 2.68. The highest BCUT2D eigenvalue weighted by molar-refractivity contribution is 5.74. The van der Waals surface area contributed by atoms with Crippen LogP contribution in [-0.2, 0) is 9.53 Å². The summed E-state index contributed by atoms with van der Waals surface area (Å²) in [7, 11) is 1.31. The fourth-order valence-corrected chi connectivity index (χ4v) is 8.91. The Labute approximate surface area is 181 Å². The van der Waals surface area contributed by atoms with Gasteiger partial charge in [0.15, 0.2) is 6.10 Å². The number of hydrogen-bond acceptors (Lipinski definition) is 5. The van der Waals surface area contributed by atoms with E-state index < -0.39 is 12.1 Å². The minimum absolute atomic E-state index is 0.142. The molecule has 0 amide bonds. The van der Waals surface area contributed by atoms with Crippen LogP contribution in [0.25, 0.3) is 0 Å². The van der Waals surface area contributed by atoms with Crippen LogP contribution in [0, 0.1) is 46.3 Å². The van der Waals surface area contributed by atoms with E-state index in [1.54, 1.807) is 0 Å². The van der Waals surface area contributed by atoms with Crippen LogP contribution >= 0.6 is 0 Å². The number of hydrogen-bond donors (Lipinski definition) is 3. The Kier molecular flexibility index (Phi) is 6.04. The average Bonchev–Trinajstić information content (AvgIpc) is 3.07. The molecule has 4 aliphatic carbocycles. The van der Waals surface area contributed by atoms with Crippen molar-refractivity contribution >= 4 is 5.97 Å². The molecule has 4 fully saturated rings. The second-order valence-corrected chi connectivity index (χ2v) is 11.6. The van der Waals surface area contributed by atoms with Gasteiger partial charge < -0.3 is 20.1 Å². The topological polar surface area (TPSA) is 87.0 Å². The summed E-state index contributed by atoms with van der Waals surface area (Å²) >= 11 is 0. The van der Waals surface area contributed by atoms with E-state index in [1.165, 1.54) is 20.0 Å². The predicted molar refractivity (Wildman–Crippen MR) is 114 cm³/mol. The lowest BCUT2D eigenvalue weighted by atomic mass is 9.43. The Hall–Kier alpha value is -0.650. The molecule has 0 aliphatic heterocycles. The molecule has 11 atom stereocenters. The molecular formula is C25H42O5. The van der Waals surface area contributed by atoms with Crippen LogP contribution in [-0.4, -0.2) is 46.7 Å². The van der Waals surface area contributed by atoms with E-state index in [9.17, 15) is 20.1 Å². The first kappa shape index (κ1) is 22.5. The summed E-state index contributed by atoms with van der Waals surface area (Å²) in [5.41, 5.74) is 0.100. The maximum absolute atomic E-state index is 11.7. The zero-order chi connectivity index (χ0) is 21.8. The number of rotatable bonds is 4. The minimum atomic E-state index is -1.08. The molecule has 11 unspecified atom stereocenters. The number of aliphatic hydroxyl groups is 3. The molecule has 172 valence electrons. The fraction of sp³-hybridized carbons (Fsp3) is 0.960. The molecule has 3 N–H and O–H groups in total. The van der Waals surface area contributed by atoms with Gasteiger partial charge in [-0.2, -0.15) is 0 Å². The first-order valence-electron chi connectivity index (χ1n) is 12.2. The van der Waals surface area contributed by atoms with Crippen molar-refractivity contribution in [1.29, 1.82) is 0 Å². The fourth-order valence-electron chi connectivity index (χ4n) is 8.91. The maximum atomic E-state index is 11.7. The third-order valence-corrected chi connectivity index (χ3v) is 10.6. The van der Waals surface area contributed by atoms with E-state index >= 15 is 0 Å². The highest BCUT2D eigenvalue weighted by Gasteiger charge is 2.63. The third-order valence-electron chi connectivity index (χ3n) is 10.6. The summed E-state index contributed by atoms with van der Waals surface area (Å²) < 4.78 is 4.71. The molecule has 0 spiro atoms. The number of carbonyl (C=O) groups excluding carboxylic acids is 1. The SMILES string of the molecule is COC(=O)C(O)CC(C)C1CCC2C3CCC4CC(O)CCC4(C)C3CC(O)C12C. The first-order valence-corrected chi connectivity index (χ1v) is 12.2. The lowest BCUT2D eigenvalue weighted by Crippen LogP contribution is -2.58. The molecule has 0 heterocycles. The largest absolute Gasteiger partial charge is 0.467 e. The second kappa shape index (κ2) is 8.04. The van der Waals surface area contributed by atoms with Crippen LogP contribution in [0.1, 0.15) is 78.6 Å². The molecule has 0 saturated heterocycles.